The molecule has 2 aromatic heterocycles. The topological polar surface area (TPSA) is 93.6 Å². The summed E-state index contributed by atoms with van der Waals surface area (Å²) in [5, 5.41) is 3.17. The average Bonchev–Trinajstić information content (AvgIpc) is 3.19. The van der Waals surface area contributed by atoms with Gasteiger partial charge < -0.3 is 15.8 Å². The van der Waals surface area contributed by atoms with Crippen LogP contribution in [-0.2, 0) is 11.3 Å². The number of hydrogen-bond acceptors (Lipinski definition) is 5. The molecule has 1 saturated heterocycles. The molecule has 3 heterocycles. The summed E-state index contributed by atoms with van der Waals surface area (Å²) in [6.07, 6.45) is 8.12. The van der Waals surface area contributed by atoms with E-state index in [0.717, 1.165) is 57.2 Å². The summed E-state index contributed by atoms with van der Waals surface area (Å²) in [4.78, 5) is 15.2. The summed E-state index contributed by atoms with van der Waals surface area (Å²) < 4.78 is 7.21. The Kier molecular flexibility index (Phi) is 8.78. The predicted octanol–water partition coefficient (Wildman–Crippen LogP) is 1.01. The number of aromatic nitrogens is 3. The zero-order valence-corrected chi connectivity index (χ0v) is 17.1. The van der Waals surface area contributed by atoms with Crippen molar-refractivity contribution >= 4 is 29.9 Å². The first-order chi connectivity index (χ1) is 12.3. The molecule has 0 bridgehead atoms. The molecule has 3 rings (SSSR count). The van der Waals surface area contributed by atoms with Gasteiger partial charge in [-0.25, -0.2) is 15.0 Å². The van der Waals surface area contributed by atoms with Crippen molar-refractivity contribution in [3.63, 3.8) is 0 Å². The molecular formula is C17H26IN7O. The number of nitrogens with zero attached hydrogens (tertiary/aromatic N) is 5. The van der Waals surface area contributed by atoms with Gasteiger partial charge in [-0.1, -0.05) is 0 Å². The molecule has 0 atom stereocenters. The van der Waals surface area contributed by atoms with Crippen molar-refractivity contribution in [1.29, 1.82) is 0 Å². The van der Waals surface area contributed by atoms with E-state index in [9.17, 15) is 0 Å². The van der Waals surface area contributed by atoms with Gasteiger partial charge in [0, 0.05) is 38.2 Å². The van der Waals surface area contributed by atoms with E-state index in [0.29, 0.717) is 12.5 Å². The minimum atomic E-state index is 0. The molecule has 8 nitrogen and oxygen atoms in total. The zero-order valence-electron chi connectivity index (χ0n) is 14.8. The minimum absolute atomic E-state index is 0. The highest BCUT2D eigenvalue weighted by Gasteiger charge is 2.09. The van der Waals surface area contributed by atoms with Gasteiger partial charge in [0.25, 0.3) is 0 Å². The fourth-order valence-electron chi connectivity index (χ4n) is 2.67. The van der Waals surface area contributed by atoms with Gasteiger partial charge in [0.1, 0.15) is 12.1 Å². The lowest BCUT2D eigenvalue weighted by Crippen LogP contribution is -2.39. The molecule has 1 aliphatic heterocycles. The third-order valence-electron chi connectivity index (χ3n) is 4.07. The number of halogens is 1. The Balaban J connectivity index is 0.00000243. The lowest BCUT2D eigenvalue weighted by atomic mass is 10.2. The SMILES string of the molecule is I.NC(=NCc1ccnc(-n2ccnc2)c1)NCCCN1CCOCC1. The number of guanidine groups is 1. The lowest BCUT2D eigenvalue weighted by molar-refractivity contribution is 0.0376. The van der Waals surface area contributed by atoms with Crippen LogP contribution in [0.25, 0.3) is 5.82 Å². The van der Waals surface area contributed by atoms with Gasteiger partial charge >= 0.3 is 0 Å². The molecular weight excluding hydrogens is 445 g/mol. The van der Waals surface area contributed by atoms with Crippen molar-refractivity contribution in [3.05, 3.63) is 42.6 Å². The zero-order chi connectivity index (χ0) is 17.3. The van der Waals surface area contributed by atoms with Crippen molar-refractivity contribution in [2.24, 2.45) is 10.7 Å². The van der Waals surface area contributed by atoms with E-state index in [1.807, 2.05) is 22.9 Å². The van der Waals surface area contributed by atoms with Crippen molar-refractivity contribution < 1.29 is 4.74 Å². The molecule has 1 aliphatic rings. The van der Waals surface area contributed by atoms with Crippen molar-refractivity contribution in [2.75, 3.05) is 39.4 Å². The van der Waals surface area contributed by atoms with Crippen LogP contribution in [0.3, 0.4) is 0 Å². The summed E-state index contributed by atoms with van der Waals surface area (Å²) >= 11 is 0. The molecule has 26 heavy (non-hydrogen) atoms. The van der Waals surface area contributed by atoms with E-state index in [1.165, 1.54) is 0 Å². The normalized spacial score (nSPS) is 15.5. The Labute approximate surface area is 170 Å². The molecule has 3 N–H and O–H groups in total. The molecule has 1 fully saturated rings. The van der Waals surface area contributed by atoms with Crippen LogP contribution in [-0.4, -0.2) is 64.8 Å². The first-order valence-corrected chi connectivity index (χ1v) is 8.58. The monoisotopic (exact) mass is 471 g/mol. The largest absolute Gasteiger partial charge is 0.379 e. The number of nitrogens with one attached hydrogen (secondary N) is 1. The summed E-state index contributed by atoms with van der Waals surface area (Å²) in [7, 11) is 0. The third-order valence-corrected chi connectivity index (χ3v) is 4.07. The second-order valence-electron chi connectivity index (χ2n) is 5.93. The van der Waals surface area contributed by atoms with Crippen molar-refractivity contribution in [3.8, 4) is 5.82 Å². The Morgan fingerprint density at radius 1 is 1.31 bits per heavy atom. The number of aliphatic imine (C=N–C) groups is 1. The summed E-state index contributed by atoms with van der Waals surface area (Å²) in [5.74, 6) is 1.30. The molecule has 0 aromatic carbocycles. The van der Waals surface area contributed by atoms with Crippen LogP contribution < -0.4 is 11.1 Å². The minimum Gasteiger partial charge on any atom is -0.379 e. The van der Waals surface area contributed by atoms with Crippen LogP contribution in [0.4, 0.5) is 0 Å². The van der Waals surface area contributed by atoms with Gasteiger partial charge in [-0.15, -0.1) is 24.0 Å². The first-order valence-electron chi connectivity index (χ1n) is 8.58. The molecule has 0 unspecified atom stereocenters. The van der Waals surface area contributed by atoms with E-state index in [4.69, 9.17) is 10.5 Å². The summed E-state index contributed by atoms with van der Waals surface area (Å²) in [5.41, 5.74) is 7.00. The second kappa shape index (κ2) is 11.1. The number of imidazole rings is 1. The predicted molar refractivity (Wildman–Crippen MR) is 112 cm³/mol. The quantitative estimate of drug-likeness (QED) is 0.271. The van der Waals surface area contributed by atoms with Crippen LogP contribution in [0, 0.1) is 0 Å². The molecule has 0 spiro atoms. The van der Waals surface area contributed by atoms with Crippen LogP contribution in [0.1, 0.15) is 12.0 Å². The second-order valence-corrected chi connectivity index (χ2v) is 5.93. The highest BCUT2D eigenvalue weighted by atomic mass is 127. The smallest absolute Gasteiger partial charge is 0.188 e. The number of rotatable bonds is 7. The third kappa shape index (κ3) is 6.54. The van der Waals surface area contributed by atoms with Crippen molar-refractivity contribution in [1.82, 2.24) is 24.8 Å². The molecule has 142 valence electrons. The van der Waals surface area contributed by atoms with E-state index in [1.54, 1.807) is 18.7 Å². The van der Waals surface area contributed by atoms with Crippen LogP contribution in [0.2, 0.25) is 0 Å². The van der Waals surface area contributed by atoms with Gasteiger partial charge in [-0.05, 0) is 30.7 Å². The van der Waals surface area contributed by atoms with Crippen LogP contribution >= 0.6 is 24.0 Å². The molecule has 9 heteroatoms. The molecule has 0 aliphatic carbocycles. The maximum Gasteiger partial charge on any atom is 0.188 e. The van der Waals surface area contributed by atoms with E-state index in [-0.39, 0.29) is 24.0 Å². The molecule has 0 amide bonds. The Bertz CT molecular complexity index is 672. The summed E-state index contributed by atoms with van der Waals surface area (Å²) in [6.45, 7) is 6.11. The maximum atomic E-state index is 5.95. The van der Waals surface area contributed by atoms with Gasteiger partial charge in [-0.2, -0.15) is 0 Å². The van der Waals surface area contributed by atoms with Gasteiger partial charge in [0.2, 0.25) is 0 Å². The number of hydrogen-bond donors (Lipinski definition) is 2. The fraction of sp³-hybridized carbons (Fsp3) is 0.471. The highest BCUT2D eigenvalue weighted by molar-refractivity contribution is 14.0. The Hall–Kier alpha value is -1.72. The van der Waals surface area contributed by atoms with Crippen LogP contribution in [0.5, 0.6) is 0 Å². The number of morpholine rings is 1. The standard InChI is InChI=1S/C17H25N7O.HI/c18-17(21-3-1-6-23-8-10-25-11-9-23)22-13-15-2-4-20-16(12-15)24-7-5-19-14-24;/h2,4-5,7,12,14H,1,3,6,8-11,13H2,(H3,18,21,22);1H. The lowest BCUT2D eigenvalue weighted by Gasteiger charge is -2.26. The molecule has 0 radical (unpaired) electrons. The highest BCUT2D eigenvalue weighted by Crippen LogP contribution is 2.07. The van der Waals surface area contributed by atoms with Crippen LogP contribution in [0.15, 0.2) is 42.0 Å². The number of pyridine rings is 1. The van der Waals surface area contributed by atoms with Gasteiger partial charge in [-0.3, -0.25) is 9.47 Å². The number of ether oxygens (including phenoxy) is 1. The van der Waals surface area contributed by atoms with E-state index < -0.39 is 0 Å². The van der Waals surface area contributed by atoms with Gasteiger partial charge in [0.15, 0.2) is 5.96 Å². The molecule has 2 aromatic rings. The Morgan fingerprint density at radius 2 is 2.15 bits per heavy atom. The molecule has 0 saturated carbocycles. The fourth-order valence-corrected chi connectivity index (χ4v) is 2.67. The Morgan fingerprint density at radius 3 is 2.92 bits per heavy atom. The van der Waals surface area contributed by atoms with E-state index >= 15 is 0 Å². The number of nitrogens with two attached hydrogens (primary N) is 1. The van der Waals surface area contributed by atoms with E-state index in [2.05, 4.69) is 25.2 Å². The summed E-state index contributed by atoms with van der Waals surface area (Å²) in [6, 6.07) is 3.92. The first kappa shape index (κ1) is 20.6. The maximum absolute atomic E-state index is 5.95. The van der Waals surface area contributed by atoms with Gasteiger partial charge in [0.05, 0.1) is 19.8 Å². The average molecular weight is 471 g/mol. The van der Waals surface area contributed by atoms with Crippen molar-refractivity contribution in [2.45, 2.75) is 13.0 Å².